The van der Waals surface area contributed by atoms with Crippen LogP contribution in [0.15, 0.2) is 30.3 Å². The molecule has 0 aliphatic carbocycles. The predicted octanol–water partition coefficient (Wildman–Crippen LogP) is 4.60. The van der Waals surface area contributed by atoms with Gasteiger partial charge in [0.15, 0.2) is 0 Å². The highest BCUT2D eigenvalue weighted by atomic mass is 127. The molecule has 9 heteroatoms. The number of aliphatic hydroxyl groups is 2. The van der Waals surface area contributed by atoms with E-state index in [1.807, 2.05) is 30.9 Å². The van der Waals surface area contributed by atoms with Crippen LogP contribution in [0.2, 0.25) is 0 Å². The number of fused-ring (bicyclic) bond motifs is 1. The lowest BCUT2D eigenvalue weighted by atomic mass is 9.91. The third kappa shape index (κ3) is 6.19. The van der Waals surface area contributed by atoms with Crippen molar-refractivity contribution >= 4 is 33.9 Å². The van der Waals surface area contributed by atoms with E-state index in [1.54, 1.807) is 6.07 Å². The second kappa shape index (κ2) is 12.7. The molecule has 0 saturated carbocycles. The van der Waals surface area contributed by atoms with Gasteiger partial charge in [0, 0.05) is 24.2 Å². The third-order valence-electron chi connectivity index (χ3n) is 6.02. The number of halogens is 1. The number of benzene rings is 2. The van der Waals surface area contributed by atoms with E-state index in [0.29, 0.717) is 17.9 Å². The van der Waals surface area contributed by atoms with Crippen molar-refractivity contribution in [3.63, 3.8) is 0 Å². The quantitative estimate of drug-likeness (QED) is 0.300. The average Bonchev–Trinajstić information content (AvgIpc) is 3.36. The van der Waals surface area contributed by atoms with E-state index in [-0.39, 0.29) is 25.4 Å². The molecule has 35 heavy (non-hydrogen) atoms. The van der Waals surface area contributed by atoms with Crippen LogP contribution in [0.3, 0.4) is 0 Å². The summed E-state index contributed by atoms with van der Waals surface area (Å²) in [5.41, 5.74) is 6.11. The maximum absolute atomic E-state index is 9.53. The van der Waals surface area contributed by atoms with E-state index >= 15 is 0 Å². The fraction of sp³-hybridized carbons (Fsp3) is 0.423. The first-order valence-electron chi connectivity index (χ1n) is 11.4. The summed E-state index contributed by atoms with van der Waals surface area (Å²) in [6, 6.07) is 11.7. The first kappa shape index (κ1) is 27.5. The number of hydrogen-bond donors (Lipinski definition) is 2. The van der Waals surface area contributed by atoms with Crippen LogP contribution >= 0.6 is 33.9 Å². The molecule has 0 bridgehead atoms. The van der Waals surface area contributed by atoms with E-state index in [9.17, 15) is 15.5 Å². The molecule has 3 aromatic rings. The zero-order chi connectivity index (χ0) is 25.5. The van der Waals surface area contributed by atoms with Gasteiger partial charge < -0.3 is 14.9 Å². The summed E-state index contributed by atoms with van der Waals surface area (Å²) in [5.74, 6) is 0.574. The first-order valence-corrected chi connectivity index (χ1v) is 14.4. The SMILES string of the molecule is CI.Cc1c(-c2nnc(-c3ccc(OC(C)C)c(C#N)c3)s2)ccc2c1CCN(C(CO)CO)C2. The molecule has 4 rings (SSSR count). The van der Waals surface area contributed by atoms with Crippen molar-refractivity contribution in [1.82, 2.24) is 15.1 Å². The van der Waals surface area contributed by atoms with Gasteiger partial charge in [-0.25, -0.2) is 0 Å². The number of alkyl halides is 1. The summed E-state index contributed by atoms with van der Waals surface area (Å²) in [4.78, 5) is 4.10. The Labute approximate surface area is 224 Å². The van der Waals surface area contributed by atoms with Gasteiger partial charge in [-0.2, -0.15) is 5.26 Å². The van der Waals surface area contributed by atoms with Crippen LogP contribution in [-0.2, 0) is 13.0 Å². The molecule has 2 aromatic carbocycles. The minimum Gasteiger partial charge on any atom is -0.490 e. The molecule has 0 atom stereocenters. The predicted molar refractivity (Wildman–Crippen MR) is 148 cm³/mol. The van der Waals surface area contributed by atoms with Gasteiger partial charge in [0.1, 0.15) is 21.8 Å². The Bertz CT molecular complexity index is 1190. The molecule has 0 radical (unpaired) electrons. The molecule has 0 spiro atoms. The molecule has 1 aromatic heterocycles. The standard InChI is InChI=1S/C25H28N4O3S.CH3I/c1-15(2)32-23-7-5-17(10-19(23)11-26)24-27-28-25(33-24)22-6-4-18-12-29(20(13-30)14-31)9-8-21(18)16(22)3;1-2/h4-7,10,15,20,30-31H,8-9,12-14H2,1-3H3;1H3. The smallest absolute Gasteiger partial charge is 0.148 e. The Morgan fingerprint density at radius 2 is 1.86 bits per heavy atom. The van der Waals surface area contributed by atoms with Crippen LogP contribution in [-0.4, -0.2) is 62.1 Å². The maximum Gasteiger partial charge on any atom is 0.148 e. The number of nitrogens with zero attached hydrogens (tertiary/aromatic N) is 4. The molecule has 0 unspecified atom stereocenters. The summed E-state index contributed by atoms with van der Waals surface area (Å²) >= 11 is 3.66. The molecule has 0 fully saturated rings. The normalized spacial score (nSPS) is 13.3. The van der Waals surface area contributed by atoms with Crippen molar-refractivity contribution in [3.8, 4) is 33.0 Å². The summed E-state index contributed by atoms with van der Waals surface area (Å²) in [6.07, 6.45) is 0.855. The average molecular weight is 607 g/mol. The number of ether oxygens (including phenoxy) is 1. The summed E-state index contributed by atoms with van der Waals surface area (Å²) < 4.78 is 5.72. The second-order valence-corrected chi connectivity index (χ2v) is 9.49. The van der Waals surface area contributed by atoms with Gasteiger partial charge in [0.25, 0.3) is 0 Å². The molecule has 0 amide bonds. The Balaban J connectivity index is 0.00000167. The van der Waals surface area contributed by atoms with Crippen molar-refractivity contribution in [2.24, 2.45) is 0 Å². The number of rotatable bonds is 7. The second-order valence-electron chi connectivity index (χ2n) is 8.52. The van der Waals surface area contributed by atoms with Crippen molar-refractivity contribution in [1.29, 1.82) is 5.26 Å². The van der Waals surface area contributed by atoms with Gasteiger partial charge >= 0.3 is 0 Å². The number of nitriles is 1. The molecule has 7 nitrogen and oxygen atoms in total. The summed E-state index contributed by atoms with van der Waals surface area (Å²) in [5, 5.41) is 39.0. The van der Waals surface area contributed by atoms with Crippen LogP contribution in [0, 0.1) is 18.3 Å². The van der Waals surface area contributed by atoms with Crippen LogP contribution in [0.25, 0.3) is 21.1 Å². The molecular weight excluding hydrogens is 575 g/mol. The summed E-state index contributed by atoms with van der Waals surface area (Å²) in [7, 11) is 0. The molecule has 1 aliphatic rings. The molecule has 186 valence electrons. The zero-order valence-corrected chi connectivity index (χ0v) is 23.4. The minimum absolute atomic E-state index is 0.00619. The number of hydrogen-bond acceptors (Lipinski definition) is 8. The third-order valence-corrected chi connectivity index (χ3v) is 7.03. The number of aromatic nitrogens is 2. The Kier molecular flexibility index (Phi) is 10.0. The van der Waals surface area contributed by atoms with Crippen LogP contribution < -0.4 is 4.74 Å². The van der Waals surface area contributed by atoms with Crippen LogP contribution in [0.5, 0.6) is 5.75 Å². The molecular formula is C26H31IN4O3S. The summed E-state index contributed by atoms with van der Waals surface area (Å²) in [6.45, 7) is 7.40. The van der Waals surface area contributed by atoms with E-state index in [1.165, 1.54) is 28.0 Å². The molecule has 1 aliphatic heterocycles. The maximum atomic E-state index is 9.53. The van der Waals surface area contributed by atoms with Crippen molar-refractivity contribution in [2.45, 2.75) is 45.9 Å². The van der Waals surface area contributed by atoms with E-state index in [4.69, 9.17) is 4.74 Å². The highest BCUT2D eigenvalue weighted by Gasteiger charge is 2.25. The monoisotopic (exact) mass is 606 g/mol. The fourth-order valence-corrected chi connectivity index (χ4v) is 5.17. The Morgan fingerprint density at radius 3 is 2.51 bits per heavy atom. The molecule has 0 saturated heterocycles. The van der Waals surface area contributed by atoms with Crippen molar-refractivity contribution < 1.29 is 14.9 Å². The minimum atomic E-state index is -0.223. The van der Waals surface area contributed by atoms with Gasteiger partial charge in [-0.1, -0.05) is 46.1 Å². The highest BCUT2D eigenvalue weighted by molar-refractivity contribution is 14.1. The lowest BCUT2D eigenvalue weighted by Gasteiger charge is -2.34. The Morgan fingerprint density at radius 1 is 1.14 bits per heavy atom. The van der Waals surface area contributed by atoms with E-state index in [2.05, 4.69) is 62.8 Å². The van der Waals surface area contributed by atoms with Gasteiger partial charge in [0.05, 0.1) is 30.9 Å². The lowest BCUT2D eigenvalue weighted by Crippen LogP contribution is -2.43. The number of aliphatic hydroxyl groups excluding tert-OH is 2. The zero-order valence-electron chi connectivity index (χ0n) is 20.5. The highest BCUT2D eigenvalue weighted by Crippen LogP contribution is 2.36. The van der Waals surface area contributed by atoms with Crippen molar-refractivity contribution in [2.75, 3.05) is 24.7 Å². The van der Waals surface area contributed by atoms with Crippen LogP contribution in [0.1, 0.15) is 36.1 Å². The van der Waals surface area contributed by atoms with Crippen molar-refractivity contribution in [3.05, 3.63) is 52.6 Å². The molecule has 2 N–H and O–H groups in total. The van der Waals surface area contributed by atoms with Gasteiger partial charge in [-0.15, -0.1) is 10.2 Å². The van der Waals surface area contributed by atoms with E-state index in [0.717, 1.165) is 34.1 Å². The van der Waals surface area contributed by atoms with Gasteiger partial charge in [-0.3, -0.25) is 4.90 Å². The topological polar surface area (TPSA) is 103 Å². The lowest BCUT2D eigenvalue weighted by molar-refractivity contribution is 0.0650. The molecule has 2 heterocycles. The van der Waals surface area contributed by atoms with E-state index < -0.39 is 0 Å². The largest absolute Gasteiger partial charge is 0.490 e. The fourth-order valence-electron chi connectivity index (χ4n) is 4.25. The van der Waals surface area contributed by atoms with Crippen LogP contribution in [0.4, 0.5) is 0 Å². The van der Waals surface area contributed by atoms with Gasteiger partial charge in [0.2, 0.25) is 0 Å². The van der Waals surface area contributed by atoms with Gasteiger partial charge in [-0.05, 0) is 67.0 Å². The Hall–Kier alpha value is -2.10. The first-order chi connectivity index (χ1) is 16.9.